The molecule has 0 fully saturated rings. The summed E-state index contributed by atoms with van der Waals surface area (Å²) in [5.74, 6) is 1.38. The highest BCUT2D eigenvalue weighted by molar-refractivity contribution is 6.31. The maximum Gasteiger partial charge on any atom is 0.213 e. The van der Waals surface area contributed by atoms with E-state index in [2.05, 4.69) is 24.1 Å². The van der Waals surface area contributed by atoms with E-state index in [0.717, 1.165) is 24.4 Å². The largest absolute Gasteiger partial charge is 0.478 e. The van der Waals surface area contributed by atoms with Gasteiger partial charge in [0.2, 0.25) is 5.88 Å². The predicted molar refractivity (Wildman–Crippen MR) is 71.6 cm³/mol. The van der Waals surface area contributed by atoms with Crippen LogP contribution in [0.1, 0.15) is 32.3 Å². The van der Waals surface area contributed by atoms with Crippen LogP contribution in [0.5, 0.6) is 5.88 Å². The van der Waals surface area contributed by atoms with Gasteiger partial charge < -0.3 is 10.1 Å². The summed E-state index contributed by atoms with van der Waals surface area (Å²) in [5.41, 5.74) is 1.02. The number of rotatable bonds is 7. The lowest BCUT2D eigenvalue weighted by Gasteiger charge is -2.09. The lowest BCUT2D eigenvalue weighted by molar-refractivity contribution is 0.287. The molecule has 0 aromatic carbocycles. The normalized spacial score (nSPS) is 10.9. The van der Waals surface area contributed by atoms with Gasteiger partial charge in [0.1, 0.15) is 0 Å². The van der Waals surface area contributed by atoms with E-state index >= 15 is 0 Å². The zero-order chi connectivity index (χ0) is 12.7. The molecule has 1 rings (SSSR count). The molecule has 0 saturated heterocycles. The first-order chi connectivity index (χ1) is 8.13. The number of hydrogen-bond acceptors (Lipinski definition) is 3. The standard InChI is InChI=1S/C13H21ClN2O/c1-10(2)5-4-6-17-13-7-11(8-15-3)12(14)9-16-13/h7,9-10,15H,4-6,8H2,1-3H3. The highest BCUT2D eigenvalue weighted by Crippen LogP contribution is 2.19. The fourth-order valence-corrected chi connectivity index (χ4v) is 1.70. The summed E-state index contributed by atoms with van der Waals surface area (Å²) < 4.78 is 5.60. The summed E-state index contributed by atoms with van der Waals surface area (Å²) in [7, 11) is 1.89. The number of nitrogens with zero attached hydrogens (tertiary/aromatic N) is 1. The Balaban J connectivity index is 2.45. The monoisotopic (exact) mass is 256 g/mol. The molecule has 3 nitrogen and oxygen atoms in total. The second-order valence-corrected chi connectivity index (χ2v) is 4.94. The third kappa shape index (κ3) is 5.37. The van der Waals surface area contributed by atoms with Crippen LogP contribution in [0.2, 0.25) is 5.02 Å². The minimum absolute atomic E-state index is 0.656. The summed E-state index contributed by atoms with van der Waals surface area (Å²) >= 11 is 6.02. The number of pyridine rings is 1. The van der Waals surface area contributed by atoms with Gasteiger partial charge in [0.05, 0.1) is 11.6 Å². The van der Waals surface area contributed by atoms with Crippen molar-refractivity contribution in [2.45, 2.75) is 33.2 Å². The molecule has 0 aliphatic carbocycles. The molecule has 4 heteroatoms. The number of ether oxygens (including phenoxy) is 1. The number of nitrogens with one attached hydrogen (secondary N) is 1. The van der Waals surface area contributed by atoms with Crippen LogP contribution >= 0.6 is 11.6 Å². The van der Waals surface area contributed by atoms with Crippen LogP contribution in [0.25, 0.3) is 0 Å². The van der Waals surface area contributed by atoms with Gasteiger partial charge in [-0.2, -0.15) is 0 Å². The second-order valence-electron chi connectivity index (χ2n) is 4.53. The summed E-state index contributed by atoms with van der Waals surface area (Å²) in [5, 5.41) is 3.74. The van der Waals surface area contributed by atoms with Gasteiger partial charge in [0.15, 0.2) is 0 Å². The smallest absolute Gasteiger partial charge is 0.213 e. The van der Waals surface area contributed by atoms with Crippen LogP contribution in [-0.4, -0.2) is 18.6 Å². The fourth-order valence-electron chi connectivity index (χ4n) is 1.53. The maximum absolute atomic E-state index is 6.02. The summed E-state index contributed by atoms with van der Waals surface area (Å²) in [6.07, 6.45) is 3.88. The van der Waals surface area contributed by atoms with Gasteiger partial charge in [0.25, 0.3) is 0 Å². The zero-order valence-electron chi connectivity index (χ0n) is 10.8. The molecule has 96 valence electrons. The van der Waals surface area contributed by atoms with Crippen LogP contribution in [0.3, 0.4) is 0 Å². The van der Waals surface area contributed by atoms with Crippen molar-refractivity contribution < 1.29 is 4.74 Å². The molecular formula is C13H21ClN2O. The molecule has 1 aromatic rings. The van der Waals surface area contributed by atoms with Crippen molar-refractivity contribution in [2.75, 3.05) is 13.7 Å². The Morgan fingerprint density at radius 1 is 1.47 bits per heavy atom. The van der Waals surface area contributed by atoms with Gasteiger partial charge in [-0.05, 0) is 31.4 Å². The molecule has 0 aliphatic rings. The molecule has 0 radical (unpaired) electrons. The van der Waals surface area contributed by atoms with E-state index in [-0.39, 0.29) is 0 Å². The highest BCUT2D eigenvalue weighted by Gasteiger charge is 2.03. The maximum atomic E-state index is 6.02. The van der Waals surface area contributed by atoms with E-state index in [1.807, 2.05) is 13.1 Å². The van der Waals surface area contributed by atoms with Gasteiger partial charge >= 0.3 is 0 Å². The molecule has 1 aromatic heterocycles. The number of halogens is 1. The molecule has 0 aliphatic heterocycles. The van der Waals surface area contributed by atoms with Gasteiger partial charge in [-0.25, -0.2) is 4.98 Å². The SMILES string of the molecule is CNCc1cc(OCCCC(C)C)ncc1Cl. The van der Waals surface area contributed by atoms with Gasteiger partial charge in [-0.3, -0.25) is 0 Å². The quantitative estimate of drug-likeness (QED) is 0.761. The van der Waals surface area contributed by atoms with Crippen molar-refractivity contribution in [1.29, 1.82) is 0 Å². The van der Waals surface area contributed by atoms with Crippen molar-refractivity contribution in [3.05, 3.63) is 22.8 Å². The molecule has 1 heterocycles. The van der Waals surface area contributed by atoms with E-state index in [1.54, 1.807) is 6.20 Å². The minimum Gasteiger partial charge on any atom is -0.478 e. The van der Waals surface area contributed by atoms with Crippen LogP contribution < -0.4 is 10.1 Å². The summed E-state index contributed by atoms with van der Waals surface area (Å²) in [6, 6.07) is 1.90. The zero-order valence-corrected chi connectivity index (χ0v) is 11.5. The van der Waals surface area contributed by atoms with Crippen LogP contribution in [0.15, 0.2) is 12.3 Å². The van der Waals surface area contributed by atoms with Crippen LogP contribution in [-0.2, 0) is 6.54 Å². The van der Waals surface area contributed by atoms with Gasteiger partial charge in [0, 0.05) is 18.8 Å². The van der Waals surface area contributed by atoms with Crippen molar-refractivity contribution in [3.8, 4) is 5.88 Å². The van der Waals surface area contributed by atoms with Gasteiger partial charge in [-0.15, -0.1) is 0 Å². The minimum atomic E-state index is 0.656. The van der Waals surface area contributed by atoms with Crippen LogP contribution in [0, 0.1) is 5.92 Å². The van der Waals surface area contributed by atoms with Crippen molar-refractivity contribution in [1.82, 2.24) is 10.3 Å². The Hall–Kier alpha value is -0.800. The molecule has 0 unspecified atom stereocenters. The molecular weight excluding hydrogens is 236 g/mol. The average molecular weight is 257 g/mol. The molecule has 0 bridgehead atoms. The number of aromatic nitrogens is 1. The van der Waals surface area contributed by atoms with Crippen LogP contribution in [0.4, 0.5) is 0 Å². The summed E-state index contributed by atoms with van der Waals surface area (Å²) in [4.78, 5) is 4.16. The van der Waals surface area contributed by atoms with Crippen molar-refractivity contribution in [2.24, 2.45) is 5.92 Å². The topological polar surface area (TPSA) is 34.1 Å². The lowest BCUT2D eigenvalue weighted by atomic mass is 10.1. The first-order valence-electron chi connectivity index (χ1n) is 6.05. The van der Waals surface area contributed by atoms with E-state index < -0.39 is 0 Å². The Bertz CT molecular complexity index is 342. The van der Waals surface area contributed by atoms with Crippen molar-refractivity contribution >= 4 is 11.6 Å². The fraction of sp³-hybridized carbons (Fsp3) is 0.615. The first kappa shape index (κ1) is 14.3. The van der Waals surface area contributed by atoms with E-state index in [9.17, 15) is 0 Å². The Morgan fingerprint density at radius 3 is 2.88 bits per heavy atom. The lowest BCUT2D eigenvalue weighted by Crippen LogP contribution is -2.07. The van der Waals surface area contributed by atoms with Crippen molar-refractivity contribution in [3.63, 3.8) is 0 Å². The van der Waals surface area contributed by atoms with E-state index in [1.165, 1.54) is 6.42 Å². The third-order valence-corrected chi connectivity index (χ3v) is 2.79. The average Bonchev–Trinajstić information content (AvgIpc) is 2.28. The Labute approximate surface area is 109 Å². The molecule has 0 amide bonds. The Kier molecular flexibility index (Phi) is 6.30. The molecule has 17 heavy (non-hydrogen) atoms. The third-order valence-electron chi connectivity index (χ3n) is 2.45. The molecule has 0 saturated carbocycles. The van der Waals surface area contributed by atoms with E-state index in [0.29, 0.717) is 17.5 Å². The molecule has 1 N–H and O–H groups in total. The van der Waals surface area contributed by atoms with E-state index in [4.69, 9.17) is 16.3 Å². The van der Waals surface area contributed by atoms with Gasteiger partial charge in [-0.1, -0.05) is 25.4 Å². The molecule has 0 atom stereocenters. The number of hydrogen-bond donors (Lipinski definition) is 1. The molecule has 0 spiro atoms. The second kappa shape index (κ2) is 7.51. The Morgan fingerprint density at radius 2 is 2.24 bits per heavy atom. The summed E-state index contributed by atoms with van der Waals surface area (Å²) in [6.45, 7) is 5.87. The first-order valence-corrected chi connectivity index (χ1v) is 6.43. The highest BCUT2D eigenvalue weighted by atomic mass is 35.5. The predicted octanol–water partition coefficient (Wildman–Crippen LogP) is 3.27.